The molecule has 0 aliphatic carbocycles. The maximum atomic E-state index is 12.3. The van der Waals surface area contributed by atoms with Crippen LogP contribution in [0.5, 0.6) is 5.75 Å². The molecule has 0 radical (unpaired) electrons. The van der Waals surface area contributed by atoms with E-state index in [1.165, 1.54) is 0 Å². The van der Waals surface area contributed by atoms with Gasteiger partial charge in [-0.15, -0.1) is 0 Å². The summed E-state index contributed by atoms with van der Waals surface area (Å²) in [7, 11) is 1.72. The lowest BCUT2D eigenvalue weighted by atomic mass is 10.1. The van der Waals surface area contributed by atoms with Crippen molar-refractivity contribution < 1.29 is 14.3 Å². The third-order valence-corrected chi connectivity index (χ3v) is 4.23. The molecule has 0 bridgehead atoms. The molecule has 0 atom stereocenters. The zero-order valence-electron chi connectivity index (χ0n) is 13.6. The Morgan fingerprint density at radius 1 is 1.32 bits per heavy atom. The van der Waals surface area contributed by atoms with Crippen molar-refractivity contribution >= 4 is 39.5 Å². The van der Waals surface area contributed by atoms with Gasteiger partial charge in [-0.2, -0.15) is 0 Å². The predicted molar refractivity (Wildman–Crippen MR) is 97.9 cm³/mol. The minimum atomic E-state index is -0.271. The van der Waals surface area contributed by atoms with Gasteiger partial charge >= 0.3 is 6.03 Å². The summed E-state index contributed by atoms with van der Waals surface area (Å²) in [6.45, 7) is 0.539. The topological polar surface area (TPSA) is 83.6 Å². The number of likely N-dealkylation sites (N-methyl/N-ethyl adjacent to an activating group) is 1. The minimum Gasteiger partial charge on any atom is -0.480 e. The number of ether oxygens (including phenoxy) is 1. The fourth-order valence-corrected chi connectivity index (χ4v) is 2.55. The quantitative estimate of drug-likeness (QED) is 0.820. The number of fused-ring (bicyclic) bond motifs is 1. The van der Waals surface area contributed by atoms with Gasteiger partial charge in [0.05, 0.1) is 0 Å². The summed E-state index contributed by atoms with van der Waals surface area (Å²) in [5, 5.41) is 5.32. The number of urea groups is 1. The van der Waals surface area contributed by atoms with Gasteiger partial charge in [0.25, 0.3) is 5.91 Å². The van der Waals surface area contributed by atoms with E-state index in [9.17, 15) is 9.59 Å². The van der Waals surface area contributed by atoms with Crippen LogP contribution in [-0.4, -0.2) is 42.0 Å². The third kappa shape index (κ3) is 4.48. The second-order valence-corrected chi connectivity index (χ2v) is 6.52. The first kappa shape index (κ1) is 17.2. The summed E-state index contributed by atoms with van der Waals surface area (Å²) in [5.74, 6) is 0.882. The van der Waals surface area contributed by atoms with Crippen LogP contribution in [0.4, 0.5) is 16.4 Å². The van der Waals surface area contributed by atoms with Crippen LogP contribution < -0.4 is 15.4 Å². The minimum absolute atomic E-state index is 0.0286. The number of carbonyl (C=O) groups is 2. The van der Waals surface area contributed by atoms with Crippen LogP contribution in [-0.2, 0) is 11.2 Å². The number of nitrogens with one attached hydrogen (secondary N) is 2. The van der Waals surface area contributed by atoms with Crippen molar-refractivity contribution in [3.8, 4) is 5.75 Å². The Morgan fingerprint density at radius 3 is 2.84 bits per heavy atom. The zero-order chi connectivity index (χ0) is 17.8. The van der Waals surface area contributed by atoms with E-state index in [0.29, 0.717) is 23.9 Å². The SMILES string of the molecule is CN(CCc1ccc(Br)cc1)C(=O)Nc1ccc2c(n1)NC(=O)CO2. The van der Waals surface area contributed by atoms with Gasteiger partial charge in [-0.25, -0.2) is 9.78 Å². The Balaban J connectivity index is 1.57. The highest BCUT2D eigenvalue weighted by atomic mass is 79.9. The highest BCUT2D eigenvalue weighted by Gasteiger charge is 2.18. The standard InChI is InChI=1S/C17H17BrN4O3/c1-22(9-8-11-2-4-12(18)5-3-11)17(24)20-14-7-6-13-16(19-14)21-15(23)10-25-13/h2-7H,8-10H2,1H3,(H2,19,20,21,23,24). The Kier molecular flexibility index (Phi) is 5.18. The number of rotatable bonds is 4. The number of carbonyl (C=O) groups excluding carboxylic acids is 2. The Morgan fingerprint density at radius 2 is 2.08 bits per heavy atom. The maximum absolute atomic E-state index is 12.3. The molecule has 7 nitrogen and oxygen atoms in total. The molecule has 3 rings (SSSR count). The molecule has 1 aliphatic heterocycles. The van der Waals surface area contributed by atoms with Crippen LogP contribution in [0.2, 0.25) is 0 Å². The van der Waals surface area contributed by atoms with Crippen molar-refractivity contribution in [1.82, 2.24) is 9.88 Å². The first-order valence-corrected chi connectivity index (χ1v) is 8.51. The number of hydrogen-bond acceptors (Lipinski definition) is 4. The smallest absolute Gasteiger partial charge is 0.322 e. The van der Waals surface area contributed by atoms with Gasteiger partial charge in [0.15, 0.2) is 18.2 Å². The zero-order valence-corrected chi connectivity index (χ0v) is 15.2. The van der Waals surface area contributed by atoms with Crippen LogP contribution >= 0.6 is 15.9 Å². The van der Waals surface area contributed by atoms with Gasteiger partial charge in [0.2, 0.25) is 0 Å². The van der Waals surface area contributed by atoms with Crippen LogP contribution in [0.3, 0.4) is 0 Å². The van der Waals surface area contributed by atoms with E-state index in [2.05, 4.69) is 31.5 Å². The molecule has 1 aromatic carbocycles. The van der Waals surface area contributed by atoms with Gasteiger partial charge < -0.3 is 15.0 Å². The summed E-state index contributed by atoms with van der Waals surface area (Å²) in [6.07, 6.45) is 0.749. The molecule has 1 aliphatic rings. The van der Waals surface area contributed by atoms with E-state index < -0.39 is 0 Å². The summed E-state index contributed by atoms with van der Waals surface area (Å²) in [4.78, 5) is 29.4. The summed E-state index contributed by atoms with van der Waals surface area (Å²) >= 11 is 3.40. The van der Waals surface area contributed by atoms with Crippen LogP contribution in [0, 0.1) is 0 Å². The molecule has 1 aromatic heterocycles. The van der Waals surface area contributed by atoms with Crippen molar-refractivity contribution in [2.45, 2.75) is 6.42 Å². The fourth-order valence-electron chi connectivity index (χ4n) is 2.29. The van der Waals surface area contributed by atoms with Gasteiger partial charge in [0, 0.05) is 18.1 Å². The second kappa shape index (κ2) is 7.52. The van der Waals surface area contributed by atoms with Crippen molar-refractivity contribution in [1.29, 1.82) is 0 Å². The molecule has 0 saturated carbocycles. The van der Waals surface area contributed by atoms with E-state index in [4.69, 9.17) is 4.74 Å². The molecule has 2 N–H and O–H groups in total. The number of pyridine rings is 1. The van der Waals surface area contributed by atoms with Crippen LogP contribution in [0.1, 0.15) is 5.56 Å². The molecule has 2 heterocycles. The number of benzene rings is 1. The molecule has 3 amide bonds. The Bertz CT molecular complexity index is 795. The lowest BCUT2D eigenvalue weighted by molar-refractivity contribution is -0.118. The normalized spacial score (nSPS) is 12.6. The van der Waals surface area contributed by atoms with Crippen molar-refractivity contribution in [2.24, 2.45) is 0 Å². The molecule has 25 heavy (non-hydrogen) atoms. The Labute approximate surface area is 153 Å². The molecule has 0 fully saturated rings. The number of hydrogen-bond donors (Lipinski definition) is 2. The van der Waals surface area contributed by atoms with Crippen molar-refractivity contribution in [2.75, 3.05) is 30.8 Å². The lowest BCUT2D eigenvalue weighted by Crippen LogP contribution is -2.33. The van der Waals surface area contributed by atoms with Crippen molar-refractivity contribution in [3.05, 3.63) is 46.4 Å². The molecule has 0 unspecified atom stereocenters. The molecule has 0 saturated heterocycles. The molecule has 2 aromatic rings. The van der Waals surface area contributed by atoms with Gasteiger partial charge in [-0.1, -0.05) is 28.1 Å². The first-order valence-electron chi connectivity index (χ1n) is 7.71. The molecular weight excluding hydrogens is 388 g/mol. The number of anilines is 2. The predicted octanol–water partition coefficient (Wildman–Crippen LogP) is 2.88. The fraction of sp³-hybridized carbons (Fsp3) is 0.235. The number of halogens is 1. The lowest BCUT2D eigenvalue weighted by Gasteiger charge is -2.20. The van der Waals surface area contributed by atoms with Gasteiger partial charge in [0.1, 0.15) is 5.82 Å². The third-order valence-electron chi connectivity index (χ3n) is 3.71. The maximum Gasteiger partial charge on any atom is 0.322 e. The summed E-state index contributed by atoms with van der Waals surface area (Å²) in [5.41, 5.74) is 1.15. The molecule has 130 valence electrons. The highest BCUT2D eigenvalue weighted by Crippen LogP contribution is 2.26. The number of amides is 3. The van der Waals surface area contributed by atoms with E-state index in [1.54, 1.807) is 24.1 Å². The van der Waals surface area contributed by atoms with E-state index >= 15 is 0 Å². The summed E-state index contributed by atoms with van der Waals surface area (Å²) in [6, 6.07) is 11.0. The van der Waals surface area contributed by atoms with Crippen LogP contribution in [0.25, 0.3) is 0 Å². The first-order chi connectivity index (χ1) is 12.0. The van der Waals surface area contributed by atoms with E-state index in [1.807, 2.05) is 24.3 Å². The average Bonchev–Trinajstić information content (AvgIpc) is 2.60. The van der Waals surface area contributed by atoms with Gasteiger partial charge in [-0.05, 0) is 36.2 Å². The van der Waals surface area contributed by atoms with Crippen molar-refractivity contribution in [3.63, 3.8) is 0 Å². The average molecular weight is 405 g/mol. The van der Waals surface area contributed by atoms with E-state index in [-0.39, 0.29) is 18.5 Å². The van der Waals surface area contributed by atoms with E-state index in [0.717, 1.165) is 16.5 Å². The largest absolute Gasteiger partial charge is 0.480 e. The number of nitrogens with zero attached hydrogens (tertiary/aromatic N) is 2. The second-order valence-electron chi connectivity index (χ2n) is 5.61. The summed E-state index contributed by atoms with van der Waals surface area (Å²) < 4.78 is 6.26. The number of aromatic nitrogens is 1. The van der Waals surface area contributed by atoms with Gasteiger partial charge in [-0.3, -0.25) is 10.1 Å². The molecular formula is C17H17BrN4O3. The highest BCUT2D eigenvalue weighted by molar-refractivity contribution is 9.10. The Hall–Kier alpha value is -2.61. The molecule has 8 heteroatoms. The molecule has 0 spiro atoms. The van der Waals surface area contributed by atoms with Crippen LogP contribution in [0.15, 0.2) is 40.9 Å². The monoisotopic (exact) mass is 404 g/mol.